The van der Waals surface area contributed by atoms with E-state index in [0.717, 1.165) is 0 Å². The van der Waals surface area contributed by atoms with Crippen molar-refractivity contribution in [1.29, 1.82) is 0 Å². The van der Waals surface area contributed by atoms with Gasteiger partial charge in [0.05, 0.1) is 6.61 Å². The number of nitrogens with one attached hydrogen (secondary N) is 2. The molecule has 2 rings (SSSR count). The van der Waals surface area contributed by atoms with Gasteiger partial charge in [0.15, 0.2) is 0 Å². The normalized spacial score (nSPS) is 28.9. The molecule has 1 aromatic rings. The Labute approximate surface area is 144 Å². The Hall–Kier alpha value is -2.20. The minimum Gasteiger partial charge on any atom is -0.463 e. The van der Waals surface area contributed by atoms with Crippen LogP contribution in [0.4, 0.5) is 5.69 Å². The Morgan fingerprint density at radius 3 is 2.28 bits per heavy atom. The SMILES string of the molecule is CC(=O)Nc1ccc(O[C@H]2O[C@@H](CO)[C@@H](O)[C@@H](O)[C@H]2NC(C)=O)cc1. The van der Waals surface area contributed by atoms with Gasteiger partial charge in [-0.15, -0.1) is 0 Å². The molecule has 1 aromatic carbocycles. The molecule has 1 saturated heterocycles. The number of carbonyl (C=O) groups excluding carboxylic acids is 2. The molecule has 1 heterocycles. The molecule has 0 aromatic heterocycles. The smallest absolute Gasteiger partial charge is 0.223 e. The van der Waals surface area contributed by atoms with E-state index in [-0.39, 0.29) is 5.91 Å². The molecule has 0 unspecified atom stereocenters. The lowest BCUT2D eigenvalue weighted by Crippen LogP contribution is -2.65. The second-order valence-corrected chi connectivity index (χ2v) is 5.76. The number of aliphatic hydroxyl groups excluding tert-OH is 3. The zero-order valence-electron chi connectivity index (χ0n) is 13.9. The standard InChI is InChI=1S/C16H22N2O7/c1-8(20)17-10-3-5-11(6-4-10)24-16-13(18-9(2)21)15(23)14(22)12(7-19)25-16/h3-6,12-16,19,22-23H,7H2,1-2H3,(H,17,20)(H,18,21)/t12-,13+,14+,15-,16-/m0/s1. The fraction of sp³-hybridized carbons (Fsp3) is 0.500. The third-order valence-electron chi connectivity index (χ3n) is 3.68. The predicted molar refractivity (Wildman–Crippen MR) is 86.7 cm³/mol. The van der Waals surface area contributed by atoms with Gasteiger partial charge >= 0.3 is 0 Å². The summed E-state index contributed by atoms with van der Waals surface area (Å²) < 4.78 is 11.1. The highest BCUT2D eigenvalue weighted by Crippen LogP contribution is 2.25. The maximum Gasteiger partial charge on any atom is 0.223 e. The van der Waals surface area contributed by atoms with Gasteiger partial charge in [0.25, 0.3) is 0 Å². The summed E-state index contributed by atoms with van der Waals surface area (Å²) in [4.78, 5) is 22.4. The van der Waals surface area contributed by atoms with Crippen LogP contribution in [-0.4, -0.2) is 64.4 Å². The largest absolute Gasteiger partial charge is 0.463 e. The van der Waals surface area contributed by atoms with Gasteiger partial charge in [-0.1, -0.05) is 0 Å². The van der Waals surface area contributed by atoms with Crippen molar-refractivity contribution >= 4 is 17.5 Å². The van der Waals surface area contributed by atoms with Crippen LogP contribution in [0.3, 0.4) is 0 Å². The van der Waals surface area contributed by atoms with Crippen molar-refractivity contribution in [3.05, 3.63) is 24.3 Å². The number of hydrogen-bond acceptors (Lipinski definition) is 7. The first-order valence-corrected chi connectivity index (χ1v) is 7.75. The molecule has 1 aliphatic heterocycles. The van der Waals surface area contributed by atoms with Crippen LogP contribution < -0.4 is 15.4 Å². The van der Waals surface area contributed by atoms with Crippen molar-refractivity contribution in [1.82, 2.24) is 5.32 Å². The van der Waals surface area contributed by atoms with Crippen LogP contribution in [0.5, 0.6) is 5.75 Å². The molecule has 0 bridgehead atoms. The zero-order chi connectivity index (χ0) is 18.6. The molecule has 5 atom stereocenters. The van der Waals surface area contributed by atoms with E-state index in [2.05, 4.69) is 10.6 Å². The first-order valence-electron chi connectivity index (χ1n) is 7.75. The van der Waals surface area contributed by atoms with Gasteiger partial charge in [-0.05, 0) is 24.3 Å². The lowest BCUT2D eigenvalue weighted by Gasteiger charge is -2.42. The van der Waals surface area contributed by atoms with Crippen LogP contribution in [0.2, 0.25) is 0 Å². The molecule has 25 heavy (non-hydrogen) atoms. The molecule has 5 N–H and O–H groups in total. The fourth-order valence-electron chi connectivity index (χ4n) is 2.53. The van der Waals surface area contributed by atoms with Gasteiger partial charge in [-0.3, -0.25) is 9.59 Å². The molecule has 138 valence electrons. The van der Waals surface area contributed by atoms with Crippen LogP contribution >= 0.6 is 0 Å². The van der Waals surface area contributed by atoms with Gasteiger partial charge in [0, 0.05) is 19.5 Å². The van der Waals surface area contributed by atoms with Crippen LogP contribution in [0.25, 0.3) is 0 Å². The van der Waals surface area contributed by atoms with E-state index in [4.69, 9.17) is 9.47 Å². The molecular formula is C16H22N2O7. The number of carbonyl (C=O) groups is 2. The Kier molecular flexibility index (Phi) is 6.32. The monoisotopic (exact) mass is 354 g/mol. The summed E-state index contributed by atoms with van der Waals surface area (Å²) in [6.45, 7) is 2.13. The van der Waals surface area contributed by atoms with Crippen LogP contribution in [-0.2, 0) is 14.3 Å². The van der Waals surface area contributed by atoms with Crippen molar-refractivity contribution in [2.75, 3.05) is 11.9 Å². The van der Waals surface area contributed by atoms with Crippen molar-refractivity contribution in [2.45, 2.75) is 44.5 Å². The number of benzene rings is 1. The van der Waals surface area contributed by atoms with Gasteiger partial charge < -0.3 is 35.4 Å². The molecule has 1 aliphatic rings. The highest BCUT2D eigenvalue weighted by Gasteiger charge is 2.46. The molecule has 1 fully saturated rings. The number of aliphatic hydroxyl groups is 3. The molecule has 2 amide bonds. The molecule has 9 nitrogen and oxygen atoms in total. The summed E-state index contributed by atoms with van der Waals surface area (Å²) in [6, 6.07) is 5.35. The quantitative estimate of drug-likeness (QED) is 0.456. The van der Waals surface area contributed by atoms with E-state index >= 15 is 0 Å². The van der Waals surface area contributed by atoms with Crippen LogP contribution in [0.1, 0.15) is 13.8 Å². The number of rotatable bonds is 5. The molecule has 0 aliphatic carbocycles. The van der Waals surface area contributed by atoms with Gasteiger partial charge in [0.2, 0.25) is 18.1 Å². The fourth-order valence-corrected chi connectivity index (χ4v) is 2.53. The maximum absolute atomic E-state index is 11.4. The van der Waals surface area contributed by atoms with Crippen molar-refractivity contribution in [3.63, 3.8) is 0 Å². The van der Waals surface area contributed by atoms with Gasteiger partial charge in [0.1, 0.15) is 30.1 Å². The highest BCUT2D eigenvalue weighted by atomic mass is 16.7. The summed E-state index contributed by atoms with van der Waals surface area (Å²) in [6.07, 6.45) is -4.92. The minimum atomic E-state index is -1.38. The first-order chi connectivity index (χ1) is 11.8. The van der Waals surface area contributed by atoms with Crippen molar-refractivity contribution < 1.29 is 34.4 Å². The average molecular weight is 354 g/mol. The topological polar surface area (TPSA) is 137 Å². The second-order valence-electron chi connectivity index (χ2n) is 5.76. The lowest BCUT2D eigenvalue weighted by molar-refractivity contribution is -0.244. The van der Waals surface area contributed by atoms with Gasteiger partial charge in [-0.25, -0.2) is 0 Å². The van der Waals surface area contributed by atoms with E-state index < -0.39 is 43.2 Å². The Balaban J connectivity index is 2.15. The summed E-state index contributed by atoms with van der Waals surface area (Å²) in [7, 11) is 0. The van der Waals surface area contributed by atoms with Crippen LogP contribution in [0, 0.1) is 0 Å². The molecule has 9 heteroatoms. The molecule has 0 saturated carbocycles. The van der Waals surface area contributed by atoms with E-state index in [9.17, 15) is 24.9 Å². The number of amides is 2. The van der Waals surface area contributed by atoms with Gasteiger partial charge in [-0.2, -0.15) is 0 Å². The Bertz CT molecular complexity index is 607. The van der Waals surface area contributed by atoms with Crippen molar-refractivity contribution in [3.8, 4) is 5.75 Å². The minimum absolute atomic E-state index is 0.210. The van der Waals surface area contributed by atoms with Crippen molar-refractivity contribution in [2.24, 2.45) is 0 Å². The Morgan fingerprint density at radius 1 is 1.12 bits per heavy atom. The first kappa shape index (κ1) is 19.1. The molecular weight excluding hydrogens is 332 g/mol. The van der Waals surface area contributed by atoms with E-state index in [1.807, 2.05) is 0 Å². The number of hydrogen-bond donors (Lipinski definition) is 5. The van der Waals surface area contributed by atoms with E-state index in [1.54, 1.807) is 24.3 Å². The average Bonchev–Trinajstić information content (AvgIpc) is 2.55. The highest BCUT2D eigenvalue weighted by molar-refractivity contribution is 5.88. The van der Waals surface area contributed by atoms with E-state index in [1.165, 1.54) is 13.8 Å². The number of anilines is 1. The predicted octanol–water partition coefficient (Wildman–Crippen LogP) is -1.03. The molecule has 0 spiro atoms. The summed E-state index contributed by atoms with van der Waals surface area (Å²) in [5.41, 5.74) is 0.575. The molecule has 0 radical (unpaired) electrons. The summed E-state index contributed by atoms with van der Waals surface area (Å²) in [5.74, 6) is -0.287. The Morgan fingerprint density at radius 2 is 1.76 bits per heavy atom. The lowest BCUT2D eigenvalue weighted by atomic mass is 9.97. The second kappa shape index (κ2) is 8.26. The summed E-state index contributed by atoms with van der Waals surface area (Å²) >= 11 is 0. The number of ether oxygens (including phenoxy) is 2. The summed E-state index contributed by atoms with van der Waals surface area (Å²) in [5, 5.41) is 34.5. The zero-order valence-corrected chi connectivity index (χ0v) is 13.9. The maximum atomic E-state index is 11.4. The van der Waals surface area contributed by atoms with E-state index in [0.29, 0.717) is 11.4 Å². The third kappa shape index (κ3) is 4.89. The third-order valence-corrected chi connectivity index (χ3v) is 3.68. The van der Waals surface area contributed by atoms with Crippen LogP contribution in [0.15, 0.2) is 24.3 Å².